The molecule has 0 radical (unpaired) electrons. The maximum absolute atomic E-state index is 2.57. The summed E-state index contributed by atoms with van der Waals surface area (Å²) in [7, 11) is 0. The minimum atomic E-state index is -0.0224. The predicted octanol–water partition coefficient (Wildman–Crippen LogP) is 12.5. The van der Waals surface area contributed by atoms with Crippen LogP contribution in [0.25, 0.3) is 66.1 Å². The van der Waals surface area contributed by atoms with Crippen molar-refractivity contribution in [1.82, 2.24) is 9.13 Å². The van der Waals surface area contributed by atoms with E-state index in [0.29, 0.717) is 0 Å². The summed E-state index contributed by atoms with van der Waals surface area (Å²) in [6, 6.07) is 46.0. The van der Waals surface area contributed by atoms with Gasteiger partial charge in [-0.3, -0.25) is 0 Å². The molecule has 240 valence electrons. The van der Waals surface area contributed by atoms with Gasteiger partial charge in [-0.25, -0.2) is 0 Å². The van der Waals surface area contributed by atoms with Crippen LogP contribution in [-0.2, 0) is 16.2 Å². The summed E-state index contributed by atoms with van der Waals surface area (Å²) in [5, 5.41) is 5.22. The van der Waals surface area contributed by atoms with Gasteiger partial charge in [0.2, 0.25) is 0 Å². The standard InChI is InChI=1S/C47H42N2/c1-45(2)22-23-46(3,4)40-28-44-34(25-39(40)45)36-27-42-35(32-17-11-13-19-41(32)48(42)29-14-8-7-9-15-29)26-43(36)49(44)30-20-21-38-33(24-30)31-16-10-12-18-37(31)47(38,5)6/h7-21,24-28H,22-23H2,1-6H3. The largest absolute Gasteiger partial charge is 0.309 e. The highest BCUT2D eigenvalue weighted by atomic mass is 15.0. The fourth-order valence-corrected chi connectivity index (χ4v) is 9.52. The van der Waals surface area contributed by atoms with E-state index in [4.69, 9.17) is 0 Å². The van der Waals surface area contributed by atoms with E-state index in [1.807, 2.05) is 0 Å². The highest BCUT2D eigenvalue weighted by molar-refractivity contribution is 6.19. The number of benzene rings is 6. The molecule has 2 nitrogen and oxygen atoms in total. The van der Waals surface area contributed by atoms with Crippen molar-refractivity contribution in [1.29, 1.82) is 0 Å². The van der Waals surface area contributed by atoms with Gasteiger partial charge in [0.25, 0.3) is 0 Å². The normalized spacial score (nSPS) is 17.1. The maximum Gasteiger partial charge on any atom is 0.0548 e. The van der Waals surface area contributed by atoms with Gasteiger partial charge in [0.15, 0.2) is 0 Å². The number of hydrogen-bond donors (Lipinski definition) is 0. The predicted molar refractivity (Wildman–Crippen MR) is 208 cm³/mol. The lowest BCUT2D eigenvalue weighted by atomic mass is 9.63. The van der Waals surface area contributed by atoms with Crippen molar-refractivity contribution in [2.24, 2.45) is 0 Å². The zero-order valence-corrected chi connectivity index (χ0v) is 29.4. The van der Waals surface area contributed by atoms with E-state index in [1.54, 1.807) is 0 Å². The van der Waals surface area contributed by atoms with Crippen molar-refractivity contribution >= 4 is 43.6 Å². The second-order valence-electron chi connectivity index (χ2n) is 16.5. The third-order valence-corrected chi connectivity index (χ3v) is 12.4. The van der Waals surface area contributed by atoms with Crippen molar-refractivity contribution in [2.45, 2.75) is 70.6 Å². The lowest BCUT2D eigenvalue weighted by Gasteiger charge is -2.42. The highest BCUT2D eigenvalue weighted by Crippen LogP contribution is 2.51. The molecule has 2 aromatic heterocycles. The fourth-order valence-electron chi connectivity index (χ4n) is 9.52. The third-order valence-electron chi connectivity index (χ3n) is 12.4. The molecule has 2 aliphatic rings. The summed E-state index contributed by atoms with van der Waals surface area (Å²) < 4.78 is 5.03. The summed E-state index contributed by atoms with van der Waals surface area (Å²) in [5.41, 5.74) is 16.2. The molecule has 0 N–H and O–H groups in total. The maximum atomic E-state index is 2.57. The minimum Gasteiger partial charge on any atom is -0.309 e. The van der Waals surface area contributed by atoms with Crippen molar-refractivity contribution in [2.75, 3.05) is 0 Å². The molecule has 49 heavy (non-hydrogen) atoms. The van der Waals surface area contributed by atoms with E-state index < -0.39 is 0 Å². The van der Waals surface area contributed by atoms with E-state index in [2.05, 4.69) is 172 Å². The molecule has 10 rings (SSSR count). The topological polar surface area (TPSA) is 9.86 Å². The van der Waals surface area contributed by atoms with E-state index in [-0.39, 0.29) is 16.2 Å². The Labute approximate surface area is 288 Å². The quantitative estimate of drug-likeness (QED) is 0.179. The van der Waals surface area contributed by atoms with Crippen molar-refractivity contribution < 1.29 is 0 Å². The third kappa shape index (κ3) is 3.83. The van der Waals surface area contributed by atoms with Crippen LogP contribution in [0, 0.1) is 0 Å². The minimum absolute atomic E-state index is 0.0224. The Morgan fingerprint density at radius 1 is 0.388 bits per heavy atom. The van der Waals surface area contributed by atoms with Gasteiger partial charge >= 0.3 is 0 Å². The Balaban J connectivity index is 1.36. The van der Waals surface area contributed by atoms with Crippen molar-refractivity contribution in [3.8, 4) is 22.5 Å². The summed E-state index contributed by atoms with van der Waals surface area (Å²) in [5.74, 6) is 0. The van der Waals surface area contributed by atoms with Crippen LogP contribution in [0.1, 0.15) is 76.6 Å². The molecular formula is C47H42N2. The second-order valence-corrected chi connectivity index (χ2v) is 16.5. The van der Waals surface area contributed by atoms with Gasteiger partial charge in [-0.1, -0.05) is 108 Å². The second kappa shape index (κ2) is 9.54. The van der Waals surface area contributed by atoms with Crippen LogP contribution in [0.5, 0.6) is 0 Å². The first kappa shape index (κ1) is 28.9. The molecule has 0 spiro atoms. The summed E-state index contributed by atoms with van der Waals surface area (Å²) in [6.45, 7) is 14.5. The Morgan fingerprint density at radius 3 is 1.69 bits per heavy atom. The Kier molecular flexibility index (Phi) is 5.62. The van der Waals surface area contributed by atoms with Gasteiger partial charge in [0.05, 0.1) is 22.1 Å². The van der Waals surface area contributed by atoms with E-state index >= 15 is 0 Å². The lowest BCUT2D eigenvalue weighted by Crippen LogP contribution is -2.33. The van der Waals surface area contributed by atoms with Crippen LogP contribution in [0.15, 0.2) is 121 Å². The molecule has 0 saturated heterocycles. The van der Waals surface area contributed by atoms with E-state index in [1.165, 1.54) is 101 Å². The Morgan fingerprint density at radius 2 is 0.939 bits per heavy atom. The molecule has 0 fully saturated rings. The SMILES string of the molecule is CC1(C)CCC(C)(C)c2cc3c(cc21)c1cc2c(cc1n3-c1ccc3c(c1)-c1ccccc1C3(C)C)c1ccccc1n2-c1ccccc1. The molecular weight excluding hydrogens is 593 g/mol. The zero-order valence-electron chi connectivity index (χ0n) is 29.4. The van der Waals surface area contributed by atoms with Gasteiger partial charge in [-0.2, -0.15) is 0 Å². The van der Waals surface area contributed by atoms with Crippen LogP contribution in [0.3, 0.4) is 0 Å². The average Bonchev–Trinajstić information content (AvgIpc) is 3.68. The molecule has 2 aliphatic carbocycles. The van der Waals surface area contributed by atoms with Crippen LogP contribution in [-0.4, -0.2) is 9.13 Å². The van der Waals surface area contributed by atoms with Crippen LogP contribution >= 0.6 is 0 Å². The van der Waals surface area contributed by atoms with Crippen LogP contribution in [0.2, 0.25) is 0 Å². The van der Waals surface area contributed by atoms with Gasteiger partial charge in [-0.15, -0.1) is 0 Å². The first-order valence-electron chi connectivity index (χ1n) is 17.9. The Bertz CT molecular complexity index is 2680. The lowest BCUT2D eigenvalue weighted by molar-refractivity contribution is 0.332. The number of rotatable bonds is 2. The van der Waals surface area contributed by atoms with Gasteiger partial charge < -0.3 is 9.13 Å². The molecule has 0 saturated carbocycles. The highest BCUT2D eigenvalue weighted by Gasteiger charge is 2.39. The molecule has 0 aliphatic heterocycles. The molecule has 8 aromatic rings. The zero-order chi connectivity index (χ0) is 33.4. The number of hydrogen-bond acceptors (Lipinski definition) is 0. The first-order chi connectivity index (χ1) is 23.5. The first-order valence-corrected chi connectivity index (χ1v) is 17.9. The molecule has 2 heterocycles. The van der Waals surface area contributed by atoms with Crippen molar-refractivity contribution in [3.05, 3.63) is 144 Å². The molecule has 0 unspecified atom stereocenters. The van der Waals surface area contributed by atoms with Gasteiger partial charge in [-0.05, 0) is 112 Å². The fraction of sp³-hybridized carbons (Fsp3) is 0.234. The number of para-hydroxylation sites is 2. The molecule has 0 atom stereocenters. The molecule has 6 aromatic carbocycles. The molecule has 2 heteroatoms. The number of nitrogens with zero attached hydrogens (tertiary/aromatic N) is 2. The summed E-state index contributed by atoms with van der Waals surface area (Å²) in [6.07, 6.45) is 2.39. The van der Waals surface area contributed by atoms with Gasteiger partial charge in [0.1, 0.15) is 0 Å². The summed E-state index contributed by atoms with van der Waals surface area (Å²) >= 11 is 0. The monoisotopic (exact) mass is 634 g/mol. The van der Waals surface area contributed by atoms with E-state index in [0.717, 1.165) is 0 Å². The molecule has 0 amide bonds. The number of fused-ring (bicyclic) bond motifs is 10. The Hall–Kier alpha value is -5.08. The van der Waals surface area contributed by atoms with Crippen LogP contribution in [0.4, 0.5) is 0 Å². The van der Waals surface area contributed by atoms with Gasteiger partial charge in [0, 0.05) is 38.3 Å². The smallest absolute Gasteiger partial charge is 0.0548 e. The number of aromatic nitrogens is 2. The average molecular weight is 635 g/mol. The van der Waals surface area contributed by atoms with Crippen molar-refractivity contribution in [3.63, 3.8) is 0 Å². The van der Waals surface area contributed by atoms with Crippen LogP contribution < -0.4 is 0 Å². The van der Waals surface area contributed by atoms with E-state index in [9.17, 15) is 0 Å². The summed E-state index contributed by atoms with van der Waals surface area (Å²) in [4.78, 5) is 0. The molecule has 0 bridgehead atoms.